The van der Waals surface area contributed by atoms with Crippen molar-refractivity contribution in [3.8, 4) is 0 Å². The fourth-order valence-electron chi connectivity index (χ4n) is 1.82. The smallest absolute Gasteiger partial charge is 0.0491 e. The number of ether oxygens (including phenoxy) is 1. The predicted octanol–water partition coefficient (Wildman–Crippen LogP) is 3.94. The summed E-state index contributed by atoms with van der Waals surface area (Å²) in [7, 11) is 0. The molecule has 0 radical (unpaired) electrons. The van der Waals surface area contributed by atoms with Crippen LogP contribution in [0.25, 0.3) is 0 Å². The summed E-state index contributed by atoms with van der Waals surface area (Å²) in [4.78, 5) is 0. The highest BCUT2D eigenvalue weighted by Crippen LogP contribution is 2.06. The third-order valence-corrected chi connectivity index (χ3v) is 2.75. The van der Waals surface area contributed by atoms with Crippen molar-refractivity contribution in [1.29, 1.82) is 0 Å². The summed E-state index contributed by atoms with van der Waals surface area (Å²) in [6.45, 7) is 7.21. The van der Waals surface area contributed by atoms with Crippen molar-refractivity contribution in [2.45, 2.75) is 33.1 Å². The van der Waals surface area contributed by atoms with E-state index >= 15 is 0 Å². The van der Waals surface area contributed by atoms with E-state index in [0.717, 1.165) is 26.2 Å². The maximum absolute atomic E-state index is 5.65. The van der Waals surface area contributed by atoms with Crippen LogP contribution in [0.4, 0.5) is 5.69 Å². The van der Waals surface area contributed by atoms with Gasteiger partial charge in [0.05, 0.1) is 0 Å². The van der Waals surface area contributed by atoms with Crippen LogP contribution in [0.5, 0.6) is 0 Å². The topological polar surface area (TPSA) is 21.3 Å². The summed E-state index contributed by atoms with van der Waals surface area (Å²) < 4.78 is 5.65. The lowest BCUT2D eigenvalue weighted by Crippen LogP contribution is -2.10. The summed E-state index contributed by atoms with van der Waals surface area (Å²) in [5.41, 5.74) is 1.19. The Hall–Kier alpha value is -1.02. The molecule has 1 unspecified atom stereocenters. The molecular formula is C15H25NO. The van der Waals surface area contributed by atoms with E-state index in [1.165, 1.54) is 18.5 Å². The van der Waals surface area contributed by atoms with Crippen LogP contribution in [0.3, 0.4) is 0 Å². The Morgan fingerprint density at radius 3 is 2.71 bits per heavy atom. The van der Waals surface area contributed by atoms with Crippen LogP contribution in [0.1, 0.15) is 33.1 Å². The van der Waals surface area contributed by atoms with Crippen LogP contribution < -0.4 is 5.32 Å². The van der Waals surface area contributed by atoms with Gasteiger partial charge in [0.1, 0.15) is 0 Å². The van der Waals surface area contributed by atoms with Gasteiger partial charge in [0.15, 0.2) is 0 Å². The van der Waals surface area contributed by atoms with Crippen molar-refractivity contribution in [2.75, 3.05) is 25.1 Å². The Kier molecular flexibility index (Phi) is 7.48. The Balaban J connectivity index is 1.95. The summed E-state index contributed by atoms with van der Waals surface area (Å²) in [6, 6.07) is 10.3. The zero-order chi connectivity index (χ0) is 12.3. The minimum atomic E-state index is 0.696. The molecule has 0 aliphatic carbocycles. The zero-order valence-corrected chi connectivity index (χ0v) is 11.1. The number of hydrogen-bond acceptors (Lipinski definition) is 2. The lowest BCUT2D eigenvalue weighted by atomic mass is 10.1. The number of anilines is 1. The van der Waals surface area contributed by atoms with Gasteiger partial charge in [-0.3, -0.25) is 0 Å². The molecule has 0 spiro atoms. The second-order valence-electron chi connectivity index (χ2n) is 4.62. The first-order valence-electron chi connectivity index (χ1n) is 6.69. The van der Waals surface area contributed by atoms with Crippen molar-refractivity contribution >= 4 is 5.69 Å². The summed E-state index contributed by atoms with van der Waals surface area (Å²) in [5.74, 6) is 0.696. The molecule has 1 aromatic rings. The molecule has 0 aromatic heterocycles. The van der Waals surface area contributed by atoms with Crippen molar-refractivity contribution in [3.05, 3.63) is 30.3 Å². The van der Waals surface area contributed by atoms with Crippen molar-refractivity contribution in [3.63, 3.8) is 0 Å². The average molecular weight is 235 g/mol. The third-order valence-electron chi connectivity index (χ3n) is 2.75. The quantitative estimate of drug-likeness (QED) is 0.655. The Morgan fingerprint density at radius 2 is 2.00 bits per heavy atom. The highest BCUT2D eigenvalue weighted by Gasteiger charge is 1.99. The molecule has 0 aliphatic rings. The van der Waals surface area contributed by atoms with E-state index in [1.54, 1.807) is 0 Å². The number of hydrogen-bond donors (Lipinski definition) is 1. The average Bonchev–Trinajstić information content (AvgIpc) is 2.35. The molecule has 0 aliphatic heterocycles. The van der Waals surface area contributed by atoms with Crippen molar-refractivity contribution in [2.24, 2.45) is 5.92 Å². The maximum atomic E-state index is 5.65. The summed E-state index contributed by atoms with van der Waals surface area (Å²) >= 11 is 0. The van der Waals surface area contributed by atoms with Gasteiger partial charge in [-0.15, -0.1) is 0 Å². The van der Waals surface area contributed by atoms with E-state index in [4.69, 9.17) is 4.74 Å². The second kappa shape index (κ2) is 9.06. The van der Waals surface area contributed by atoms with E-state index in [1.807, 2.05) is 18.2 Å². The van der Waals surface area contributed by atoms with E-state index < -0.39 is 0 Å². The molecule has 0 amide bonds. The number of rotatable bonds is 9. The van der Waals surface area contributed by atoms with E-state index in [9.17, 15) is 0 Å². The number of nitrogens with one attached hydrogen (secondary N) is 1. The molecule has 17 heavy (non-hydrogen) atoms. The molecule has 1 rings (SSSR count). The fourth-order valence-corrected chi connectivity index (χ4v) is 1.82. The first kappa shape index (κ1) is 14.0. The Labute approximate surface area is 105 Å². The van der Waals surface area contributed by atoms with E-state index in [2.05, 4.69) is 31.3 Å². The highest BCUT2D eigenvalue weighted by atomic mass is 16.5. The minimum absolute atomic E-state index is 0.696. The van der Waals surface area contributed by atoms with E-state index in [-0.39, 0.29) is 0 Å². The molecule has 2 nitrogen and oxygen atoms in total. The molecule has 96 valence electrons. The van der Waals surface area contributed by atoms with Gasteiger partial charge in [-0.25, -0.2) is 0 Å². The molecule has 0 saturated carbocycles. The zero-order valence-electron chi connectivity index (χ0n) is 11.1. The van der Waals surface area contributed by atoms with Crippen LogP contribution >= 0.6 is 0 Å². The van der Waals surface area contributed by atoms with Gasteiger partial charge >= 0.3 is 0 Å². The normalized spacial score (nSPS) is 12.4. The molecule has 1 N–H and O–H groups in total. The minimum Gasteiger partial charge on any atom is -0.385 e. The van der Waals surface area contributed by atoms with Crippen LogP contribution in [0.15, 0.2) is 30.3 Å². The fraction of sp³-hybridized carbons (Fsp3) is 0.600. The standard InChI is InChI=1S/C15H25NO/c1-3-8-14(2)13-17-12-7-11-16-15-9-5-4-6-10-15/h4-6,9-10,14,16H,3,7-8,11-13H2,1-2H3. The van der Waals surface area contributed by atoms with Gasteiger partial charge in [-0.1, -0.05) is 38.5 Å². The third kappa shape index (κ3) is 7.01. The number of para-hydroxylation sites is 1. The van der Waals surface area contributed by atoms with Crippen LogP contribution in [-0.2, 0) is 4.74 Å². The largest absolute Gasteiger partial charge is 0.385 e. The van der Waals surface area contributed by atoms with Crippen molar-refractivity contribution < 1.29 is 4.74 Å². The monoisotopic (exact) mass is 235 g/mol. The molecular weight excluding hydrogens is 210 g/mol. The highest BCUT2D eigenvalue weighted by molar-refractivity contribution is 5.42. The van der Waals surface area contributed by atoms with Crippen molar-refractivity contribution in [1.82, 2.24) is 0 Å². The number of benzene rings is 1. The van der Waals surface area contributed by atoms with Gasteiger partial charge in [-0.2, -0.15) is 0 Å². The molecule has 0 saturated heterocycles. The van der Waals surface area contributed by atoms with Crippen LogP contribution in [0, 0.1) is 5.92 Å². The van der Waals surface area contributed by atoms with Gasteiger partial charge in [0.25, 0.3) is 0 Å². The lowest BCUT2D eigenvalue weighted by molar-refractivity contribution is 0.101. The first-order valence-corrected chi connectivity index (χ1v) is 6.69. The summed E-state index contributed by atoms with van der Waals surface area (Å²) in [5, 5.41) is 3.38. The van der Waals surface area contributed by atoms with E-state index in [0.29, 0.717) is 5.92 Å². The molecule has 0 heterocycles. The predicted molar refractivity (Wildman–Crippen MR) is 74.4 cm³/mol. The van der Waals surface area contributed by atoms with Gasteiger partial charge in [-0.05, 0) is 30.9 Å². The SMILES string of the molecule is CCCC(C)COCCCNc1ccccc1. The molecule has 1 atom stereocenters. The molecule has 1 aromatic carbocycles. The lowest BCUT2D eigenvalue weighted by Gasteiger charge is -2.11. The molecule has 0 bridgehead atoms. The Morgan fingerprint density at radius 1 is 1.24 bits per heavy atom. The van der Waals surface area contributed by atoms with Crippen LogP contribution in [-0.4, -0.2) is 19.8 Å². The maximum Gasteiger partial charge on any atom is 0.0491 e. The Bertz CT molecular complexity index is 274. The summed E-state index contributed by atoms with van der Waals surface area (Å²) in [6.07, 6.45) is 3.58. The van der Waals surface area contributed by atoms with Gasteiger partial charge in [0, 0.05) is 25.4 Å². The first-order chi connectivity index (χ1) is 8.33. The molecule has 2 heteroatoms. The van der Waals surface area contributed by atoms with Gasteiger partial charge < -0.3 is 10.1 Å². The second-order valence-corrected chi connectivity index (χ2v) is 4.62. The van der Waals surface area contributed by atoms with Gasteiger partial charge in [0.2, 0.25) is 0 Å². The molecule has 0 fully saturated rings. The van der Waals surface area contributed by atoms with Crippen LogP contribution in [0.2, 0.25) is 0 Å².